The van der Waals surface area contributed by atoms with Gasteiger partial charge in [0.1, 0.15) is 0 Å². The third-order valence-corrected chi connectivity index (χ3v) is 5.58. The standard InChI is InChI=1S/C25H28N4O/c1-20-9-11-21(12-10-20)18-28-13-15-29(16-14-28)19-25(30)27-26-17-23-7-4-6-22-5-2-3-8-24(22)23/h2-12,17H,13-16,18-19H2,1H3,(H,27,30). The summed E-state index contributed by atoms with van der Waals surface area (Å²) in [4.78, 5) is 16.9. The van der Waals surface area contributed by atoms with Gasteiger partial charge in [-0.2, -0.15) is 5.10 Å². The van der Waals surface area contributed by atoms with Crippen molar-refractivity contribution in [3.05, 3.63) is 83.4 Å². The van der Waals surface area contributed by atoms with Crippen LogP contribution >= 0.6 is 0 Å². The molecule has 1 aliphatic heterocycles. The number of carbonyl (C=O) groups is 1. The summed E-state index contributed by atoms with van der Waals surface area (Å²) in [5.41, 5.74) is 6.30. The number of hydrogen-bond acceptors (Lipinski definition) is 4. The van der Waals surface area contributed by atoms with Gasteiger partial charge in [0.15, 0.2) is 0 Å². The lowest BCUT2D eigenvalue weighted by atomic mass is 10.1. The summed E-state index contributed by atoms with van der Waals surface area (Å²) in [5, 5.41) is 6.46. The molecule has 3 aromatic rings. The fraction of sp³-hybridized carbons (Fsp3) is 0.280. The van der Waals surface area contributed by atoms with E-state index in [1.165, 1.54) is 11.1 Å². The number of hydrogen-bond donors (Lipinski definition) is 1. The highest BCUT2D eigenvalue weighted by Crippen LogP contribution is 2.16. The van der Waals surface area contributed by atoms with Crippen molar-refractivity contribution in [1.82, 2.24) is 15.2 Å². The predicted molar refractivity (Wildman–Crippen MR) is 123 cm³/mol. The molecule has 0 unspecified atom stereocenters. The van der Waals surface area contributed by atoms with Gasteiger partial charge in [-0.25, -0.2) is 5.43 Å². The van der Waals surface area contributed by atoms with Crippen LogP contribution < -0.4 is 5.43 Å². The quantitative estimate of drug-likeness (QED) is 0.510. The lowest BCUT2D eigenvalue weighted by Gasteiger charge is -2.34. The van der Waals surface area contributed by atoms with E-state index in [1.54, 1.807) is 6.21 Å². The summed E-state index contributed by atoms with van der Waals surface area (Å²) in [5.74, 6) is -0.0709. The Labute approximate surface area is 178 Å². The molecule has 4 rings (SSSR count). The van der Waals surface area contributed by atoms with E-state index in [2.05, 4.69) is 69.7 Å². The van der Waals surface area contributed by atoms with E-state index in [0.29, 0.717) is 6.54 Å². The molecule has 1 fully saturated rings. The maximum Gasteiger partial charge on any atom is 0.254 e. The molecule has 0 atom stereocenters. The Bertz CT molecular complexity index is 1020. The lowest BCUT2D eigenvalue weighted by molar-refractivity contribution is -0.122. The number of nitrogens with one attached hydrogen (secondary N) is 1. The molecule has 3 aromatic carbocycles. The number of hydrazone groups is 1. The fourth-order valence-electron chi connectivity index (χ4n) is 3.83. The molecule has 0 bridgehead atoms. The summed E-state index contributed by atoms with van der Waals surface area (Å²) in [6, 6.07) is 23.0. The average molecular weight is 401 g/mol. The van der Waals surface area contributed by atoms with Gasteiger partial charge in [-0.05, 0) is 23.3 Å². The number of rotatable bonds is 6. The van der Waals surface area contributed by atoms with Crippen LogP contribution in [0.2, 0.25) is 0 Å². The smallest absolute Gasteiger partial charge is 0.254 e. The minimum atomic E-state index is -0.0709. The Morgan fingerprint density at radius 2 is 1.63 bits per heavy atom. The van der Waals surface area contributed by atoms with Gasteiger partial charge in [0.05, 0.1) is 12.8 Å². The molecule has 30 heavy (non-hydrogen) atoms. The molecule has 1 amide bonds. The Hall–Kier alpha value is -3.02. The maximum atomic E-state index is 12.3. The van der Waals surface area contributed by atoms with Crippen molar-refractivity contribution in [3.63, 3.8) is 0 Å². The molecular weight excluding hydrogens is 372 g/mol. The molecular formula is C25H28N4O. The lowest BCUT2D eigenvalue weighted by Crippen LogP contribution is -2.48. The molecule has 5 heteroatoms. The highest BCUT2D eigenvalue weighted by molar-refractivity contribution is 5.99. The number of benzene rings is 3. The van der Waals surface area contributed by atoms with Crippen LogP contribution in [-0.2, 0) is 11.3 Å². The summed E-state index contributed by atoms with van der Waals surface area (Å²) < 4.78 is 0. The normalized spacial score (nSPS) is 15.6. The molecule has 5 nitrogen and oxygen atoms in total. The van der Waals surface area contributed by atoms with E-state index in [1.807, 2.05) is 24.3 Å². The number of amides is 1. The largest absolute Gasteiger partial charge is 0.297 e. The highest BCUT2D eigenvalue weighted by Gasteiger charge is 2.18. The van der Waals surface area contributed by atoms with Crippen LogP contribution in [0.25, 0.3) is 10.8 Å². The van der Waals surface area contributed by atoms with Gasteiger partial charge < -0.3 is 0 Å². The zero-order valence-electron chi connectivity index (χ0n) is 17.4. The van der Waals surface area contributed by atoms with E-state index in [9.17, 15) is 4.79 Å². The molecule has 0 aromatic heterocycles. The van der Waals surface area contributed by atoms with Gasteiger partial charge in [0.25, 0.3) is 5.91 Å². The SMILES string of the molecule is Cc1ccc(CN2CCN(CC(=O)NN=Cc3cccc4ccccc34)CC2)cc1. The third-order valence-electron chi connectivity index (χ3n) is 5.58. The molecule has 1 aliphatic rings. The second-order valence-electron chi connectivity index (χ2n) is 7.90. The second-order valence-corrected chi connectivity index (χ2v) is 7.90. The first kappa shape index (κ1) is 20.3. The number of carbonyl (C=O) groups excluding carboxylic acids is 1. The van der Waals surface area contributed by atoms with Crippen molar-refractivity contribution < 1.29 is 4.79 Å². The molecule has 0 saturated carbocycles. The zero-order chi connectivity index (χ0) is 20.8. The molecule has 1 saturated heterocycles. The van der Waals surface area contributed by atoms with E-state index >= 15 is 0 Å². The topological polar surface area (TPSA) is 47.9 Å². The highest BCUT2D eigenvalue weighted by atomic mass is 16.2. The predicted octanol–water partition coefficient (Wildman–Crippen LogP) is 3.42. The maximum absolute atomic E-state index is 12.3. The van der Waals surface area contributed by atoms with Gasteiger partial charge in [0.2, 0.25) is 0 Å². The van der Waals surface area contributed by atoms with Crippen molar-refractivity contribution >= 4 is 22.9 Å². The summed E-state index contributed by atoms with van der Waals surface area (Å²) in [6.45, 7) is 7.19. The van der Waals surface area contributed by atoms with Crippen molar-refractivity contribution in [2.24, 2.45) is 5.10 Å². The minimum Gasteiger partial charge on any atom is -0.297 e. The summed E-state index contributed by atoms with van der Waals surface area (Å²) in [7, 11) is 0. The first-order chi connectivity index (χ1) is 14.7. The van der Waals surface area contributed by atoms with Gasteiger partial charge >= 0.3 is 0 Å². The zero-order valence-corrected chi connectivity index (χ0v) is 17.4. The van der Waals surface area contributed by atoms with Crippen LogP contribution in [0.5, 0.6) is 0 Å². The first-order valence-electron chi connectivity index (χ1n) is 10.5. The first-order valence-corrected chi connectivity index (χ1v) is 10.5. The Morgan fingerprint density at radius 3 is 2.43 bits per heavy atom. The van der Waals surface area contributed by atoms with Crippen molar-refractivity contribution in [2.75, 3.05) is 32.7 Å². The number of fused-ring (bicyclic) bond motifs is 1. The van der Waals surface area contributed by atoms with E-state index < -0.39 is 0 Å². The fourth-order valence-corrected chi connectivity index (χ4v) is 3.83. The van der Waals surface area contributed by atoms with E-state index in [0.717, 1.165) is 49.1 Å². The summed E-state index contributed by atoms with van der Waals surface area (Å²) >= 11 is 0. The van der Waals surface area contributed by atoms with Crippen LogP contribution in [0.3, 0.4) is 0 Å². The van der Waals surface area contributed by atoms with Crippen molar-refractivity contribution in [1.29, 1.82) is 0 Å². The monoisotopic (exact) mass is 400 g/mol. The molecule has 0 aliphatic carbocycles. The van der Waals surface area contributed by atoms with Crippen LogP contribution in [-0.4, -0.2) is 54.6 Å². The second kappa shape index (κ2) is 9.65. The van der Waals surface area contributed by atoms with Crippen LogP contribution in [0, 0.1) is 6.92 Å². The third kappa shape index (κ3) is 5.32. The van der Waals surface area contributed by atoms with E-state index in [4.69, 9.17) is 0 Å². The van der Waals surface area contributed by atoms with Gasteiger partial charge in [0, 0.05) is 38.3 Å². The average Bonchev–Trinajstić information content (AvgIpc) is 2.77. The van der Waals surface area contributed by atoms with Crippen molar-refractivity contribution in [2.45, 2.75) is 13.5 Å². The molecule has 154 valence electrons. The van der Waals surface area contributed by atoms with Gasteiger partial charge in [-0.15, -0.1) is 0 Å². The molecule has 0 spiro atoms. The van der Waals surface area contributed by atoms with Gasteiger partial charge in [-0.1, -0.05) is 72.3 Å². The number of aryl methyl sites for hydroxylation is 1. The van der Waals surface area contributed by atoms with Crippen molar-refractivity contribution in [3.8, 4) is 0 Å². The van der Waals surface area contributed by atoms with Crippen LogP contribution in [0.1, 0.15) is 16.7 Å². The molecule has 1 heterocycles. The van der Waals surface area contributed by atoms with Gasteiger partial charge in [-0.3, -0.25) is 14.6 Å². The number of piperazine rings is 1. The van der Waals surface area contributed by atoms with Crippen LogP contribution in [0.15, 0.2) is 71.8 Å². The Balaban J connectivity index is 1.23. The molecule has 0 radical (unpaired) electrons. The Morgan fingerprint density at radius 1 is 0.933 bits per heavy atom. The van der Waals surface area contributed by atoms with E-state index in [-0.39, 0.29) is 5.91 Å². The molecule has 1 N–H and O–H groups in total. The Kier molecular flexibility index (Phi) is 6.52. The number of nitrogens with zero attached hydrogens (tertiary/aromatic N) is 3. The summed E-state index contributed by atoms with van der Waals surface area (Å²) in [6.07, 6.45) is 1.72. The minimum absolute atomic E-state index is 0.0709. The van der Waals surface area contributed by atoms with Crippen LogP contribution in [0.4, 0.5) is 0 Å².